The average molecular weight is 396 g/mol. The lowest BCUT2D eigenvalue weighted by atomic mass is 10.2. The number of rotatable bonds is 7. The van der Waals surface area contributed by atoms with Crippen LogP contribution in [0.1, 0.15) is 16.1 Å². The number of fused-ring (bicyclic) bond motifs is 1. The molecule has 0 radical (unpaired) electrons. The first-order valence-corrected chi connectivity index (χ1v) is 8.78. The van der Waals surface area contributed by atoms with Crippen molar-refractivity contribution in [1.29, 1.82) is 0 Å². The highest BCUT2D eigenvalue weighted by atomic mass is 16.5. The molecule has 0 atom stereocenters. The van der Waals surface area contributed by atoms with E-state index in [2.05, 4.69) is 10.3 Å². The number of aromatic nitrogens is 1. The quantitative estimate of drug-likeness (QED) is 0.592. The van der Waals surface area contributed by atoms with Gasteiger partial charge in [-0.05, 0) is 29.8 Å². The highest BCUT2D eigenvalue weighted by Gasteiger charge is 2.13. The number of H-pyrrole nitrogens is 1. The van der Waals surface area contributed by atoms with E-state index in [4.69, 9.17) is 14.2 Å². The number of methoxy groups -OCH3 is 2. The molecule has 2 aromatic carbocycles. The molecule has 150 valence electrons. The maximum atomic E-state index is 12.2. The van der Waals surface area contributed by atoms with Crippen LogP contribution in [0.15, 0.2) is 53.3 Å². The van der Waals surface area contributed by atoms with Gasteiger partial charge >= 0.3 is 5.97 Å². The van der Waals surface area contributed by atoms with Crippen LogP contribution >= 0.6 is 0 Å². The van der Waals surface area contributed by atoms with Gasteiger partial charge in [0.25, 0.3) is 5.91 Å². The Kier molecular flexibility index (Phi) is 6.13. The molecular weight excluding hydrogens is 376 g/mol. The summed E-state index contributed by atoms with van der Waals surface area (Å²) in [5, 5.41) is 3.12. The smallest absolute Gasteiger partial charge is 0.355 e. The number of esters is 1. The summed E-state index contributed by atoms with van der Waals surface area (Å²) >= 11 is 0. The lowest BCUT2D eigenvalue weighted by Crippen LogP contribution is -2.28. The SMILES string of the molecule is COc1ccc(CNC(=O)COC(=O)c2cc(=O)c3ccccc3[nH]2)cc1OC. The van der Waals surface area contributed by atoms with Gasteiger partial charge in [0.2, 0.25) is 0 Å². The second-order valence-electron chi connectivity index (χ2n) is 6.14. The summed E-state index contributed by atoms with van der Waals surface area (Å²) in [6, 6.07) is 13.2. The maximum absolute atomic E-state index is 12.2. The molecule has 1 heterocycles. The van der Waals surface area contributed by atoms with Crippen molar-refractivity contribution in [3.63, 3.8) is 0 Å². The number of para-hydroxylation sites is 1. The van der Waals surface area contributed by atoms with E-state index >= 15 is 0 Å². The zero-order valence-electron chi connectivity index (χ0n) is 16.0. The second kappa shape index (κ2) is 8.92. The third-order valence-corrected chi connectivity index (χ3v) is 4.23. The Labute approximate surface area is 166 Å². The van der Waals surface area contributed by atoms with Crippen LogP contribution in [0.4, 0.5) is 0 Å². The van der Waals surface area contributed by atoms with Crippen molar-refractivity contribution < 1.29 is 23.8 Å². The molecule has 8 nitrogen and oxygen atoms in total. The third kappa shape index (κ3) is 4.73. The molecule has 1 aromatic heterocycles. The molecule has 0 saturated carbocycles. The van der Waals surface area contributed by atoms with E-state index in [1.807, 2.05) is 0 Å². The van der Waals surface area contributed by atoms with Crippen LogP contribution in [0.3, 0.4) is 0 Å². The molecule has 0 saturated heterocycles. The highest BCUT2D eigenvalue weighted by molar-refractivity contribution is 5.92. The minimum Gasteiger partial charge on any atom is -0.493 e. The topological polar surface area (TPSA) is 107 Å². The number of nitrogens with one attached hydrogen (secondary N) is 2. The molecule has 0 unspecified atom stereocenters. The molecule has 0 spiro atoms. The minimum atomic E-state index is -0.783. The number of hydrogen-bond acceptors (Lipinski definition) is 6. The van der Waals surface area contributed by atoms with Crippen molar-refractivity contribution in [3.05, 3.63) is 70.0 Å². The average Bonchev–Trinajstić information content (AvgIpc) is 2.75. The Morgan fingerprint density at radius 2 is 1.76 bits per heavy atom. The summed E-state index contributed by atoms with van der Waals surface area (Å²) < 4.78 is 15.4. The van der Waals surface area contributed by atoms with E-state index in [0.29, 0.717) is 22.4 Å². The van der Waals surface area contributed by atoms with Crippen LogP contribution in [-0.2, 0) is 16.1 Å². The molecule has 0 aliphatic rings. The minimum absolute atomic E-state index is 0.0126. The lowest BCUT2D eigenvalue weighted by molar-refractivity contribution is -0.124. The molecule has 0 aliphatic heterocycles. The fourth-order valence-corrected chi connectivity index (χ4v) is 2.76. The predicted molar refractivity (Wildman–Crippen MR) is 106 cm³/mol. The van der Waals surface area contributed by atoms with Gasteiger partial charge in [-0.1, -0.05) is 18.2 Å². The number of aromatic amines is 1. The standard InChI is InChI=1S/C21H20N2O6/c1-27-18-8-7-13(9-19(18)28-2)11-22-20(25)12-29-21(26)16-10-17(24)14-5-3-4-6-15(14)23-16/h3-10H,11-12H2,1-2H3,(H,22,25)(H,23,24). The zero-order valence-corrected chi connectivity index (χ0v) is 16.0. The summed E-state index contributed by atoms with van der Waals surface area (Å²) in [7, 11) is 3.06. The number of amides is 1. The first-order chi connectivity index (χ1) is 14.0. The molecule has 0 fully saturated rings. The summed E-state index contributed by atoms with van der Waals surface area (Å²) in [5.74, 6) is -0.128. The van der Waals surface area contributed by atoms with Crippen molar-refractivity contribution >= 4 is 22.8 Å². The second-order valence-corrected chi connectivity index (χ2v) is 6.14. The van der Waals surface area contributed by atoms with Gasteiger partial charge in [-0.15, -0.1) is 0 Å². The van der Waals surface area contributed by atoms with Crippen LogP contribution in [0.5, 0.6) is 11.5 Å². The Morgan fingerprint density at radius 3 is 2.52 bits per heavy atom. The van der Waals surface area contributed by atoms with Crippen LogP contribution in [0.25, 0.3) is 10.9 Å². The number of benzene rings is 2. The van der Waals surface area contributed by atoms with Gasteiger partial charge in [0, 0.05) is 23.5 Å². The zero-order chi connectivity index (χ0) is 20.8. The maximum Gasteiger partial charge on any atom is 0.355 e. The van der Waals surface area contributed by atoms with E-state index in [0.717, 1.165) is 11.6 Å². The summed E-state index contributed by atoms with van der Waals surface area (Å²) in [4.78, 5) is 39.1. The lowest BCUT2D eigenvalue weighted by Gasteiger charge is -2.10. The molecule has 0 aliphatic carbocycles. The Morgan fingerprint density at radius 1 is 1.00 bits per heavy atom. The number of carbonyl (C=O) groups excluding carboxylic acids is 2. The number of ether oxygens (including phenoxy) is 3. The van der Waals surface area contributed by atoms with E-state index in [1.165, 1.54) is 14.2 Å². The number of carbonyl (C=O) groups is 2. The largest absolute Gasteiger partial charge is 0.493 e. The van der Waals surface area contributed by atoms with E-state index in [9.17, 15) is 14.4 Å². The summed E-state index contributed by atoms with van der Waals surface area (Å²) in [6.45, 7) is -0.246. The van der Waals surface area contributed by atoms with Crippen molar-refractivity contribution in [3.8, 4) is 11.5 Å². The van der Waals surface area contributed by atoms with Gasteiger partial charge in [0.15, 0.2) is 23.5 Å². The molecule has 0 bridgehead atoms. The van der Waals surface area contributed by atoms with Gasteiger partial charge in [-0.3, -0.25) is 9.59 Å². The van der Waals surface area contributed by atoms with Gasteiger partial charge in [0.1, 0.15) is 5.69 Å². The van der Waals surface area contributed by atoms with Crippen molar-refractivity contribution in [2.45, 2.75) is 6.54 Å². The Bertz CT molecular complexity index is 1110. The van der Waals surface area contributed by atoms with Crippen LogP contribution in [-0.4, -0.2) is 37.7 Å². The monoisotopic (exact) mass is 396 g/mol. The molecule has 1 amide bonds. The van der Waals surface area contributed by atoms with E-state index in [-0.39, 0.29) is 17.7 Å². The highest BCUT2D eigenvalue weighted by Crippen LogP contribution is 2.27. The van der Waals surface area contributed by atoms with E-state index < -0.39 is 18.5 Å². The van der Waals surface area contributed by atoms with Crippen LogP contribution in [0.2, 0.25) is 0 Å². The third-order valence-electron chi connectivity index (χ3n) is 4.23. The van der Waals surface area contributed by atoms with Gasteiger partial charge in [0.05, 0.1) is 14.2 Å². The van der Waals surface area contributed by atoms with Crippen molar-refractivity contribution in [1.82, 2.24) is 10.3 Å². The molecule has 3 aromatic rings. The normalized spacial score (nSPS) is 10.4. The fraction of sp³-hybridized carbons (Fsp3) is 0.190. The van der Waals surface area contributed by atoms with Gasteiger partial charge in [-0.25, -0.2) is 4.79 Å². The van der Waals surface area contributed by atoms with E-state index in [1.54, 1.807) is 42.5 Å². The number of hydrogen-bond donors (Lipinski definition) is 2. The molecule has 8 heteroatoms. The molecular formula is C21H20N2O6. The molecule has 3 rings (SSSR count). The van der Waals surface area contributed by atoms with Crippen LogP contribution in [0, 0.1) is 0 Å². The fourth-order valence-electron chi connectivity index (χ4n) is 2.76. The summed E-state index contributed by atoms with van der Waals surface area (Å²) in [6.07, 6.45) is 0. The summed E-state index contributed by atoms with van der Waals surface area (Å²) in [5.41, 5.74) is 0.997. The molecule has 29 heavy (non-hydrogen) atoms. The van der Waals surface area contributed by atoms with Crippen molar-refractivity contribution in [2.24, 2.45) is 0 Å². The van der Waals surface area contributed by atoms with Gasteiger partial charge in [-0.2, -0.15) is 0 Å². The Balaban J connectivity index is 1.57. The number of pyridine rings is 1. The Hall–Kier alpha value is -3.81. The molecule has 2 N–H and O–H groups in total. The van der Waals surface area contributed by atoms with Crippen LogP contribution < -0.4 is 20.2 Å². The first kappa shape index (κ1) is 19.9. The van der Waals surface area contributed by atoms with Crippen molar-refractivity contribution in [2.75, 3.05) is 20.8 Å². The first-order valence-electron chi connectivity index (χ1n) is 8.78. The van der Waals surface area contributed by atoms with Gasteiger partial charge < -0.3 is 24.5 Å². The predicted octanol–water partition coefficient (Wildman–Crippen LogP) is 2.02.